The number of carbonyl (C=O) groups is 1. The van der Waals surface area contributed by atoms with Gasteiger partial charge in [-0.05, 0) is 49.0 Å². The van der Waals surface area contributed by atoms with Crippen LogP contribution in [0.25, 0.3) is 0 Å². The van der Waals surface area contributed by atoms with E-state index in [9.17, 15) is 14.7 Å². The lowest BCUT2D eigenvalue weighted by Gasteiger charge is -2.36. The average molecular weight is 485 g/mol. The molecule has 0 bridgehead atoms. The highest BCUT2D eigenvalue weighted by Crippen LogP contribution is 2.44. The van der Waals surface area contributed by atoms with E-state index in [-0.39, 0.29) is 18.1 Å². The van der Waals surface area contributed by atoms with Crippen molar-refractivity contribution in [3.63, 3.8) is 0 Å². The second-order valence-corrected chi connectivity index (χ2v) is 9.74. The van der Waals surface area contributed by atoms with E-state index in [0.29, 0.717) is 30.2 Å². The van der Waals surface area contributed by atoms with Crippen LogP contribution in [-0.2, 0) is 17.3 Å². The van der Waals surface area contributed by atoms with E-state index in [1.165, 1.54) is 6.07 Å². The average Bonchev–Trinajstić information content (AvgIpc) is 3.26. The van der Waals surface area contributed by atoms with Gasteiger partial charge in [0.1, 0.15) is 23.9 Å². The largest absolute Gasteiger partial charge is 0.502 e. The van der Waals surface area contributed by atoms with Crippen LogP contribution in [0.5, 0.6) is 11.5 Å². The van der Waals surface area contributed by atoms with E-state index in [1.807, 2.05) is 24.3 Å². The molecule has 1 saturated heterocycles. The lowest BCUT2D eigenvalue weighted by Crippen LogP contribution is -2.40. The molecule has 1 amide bonds. The summed E-state index contributed by atoms with van der Waals surface area (Å²) in [4.78, 5) is 30.1. The summed E-state index contributed by atoms with van der Waals surface area (Å²) < 4.78 is 12.7. The van der Waals surface area contributed by atoms with Crippen LogP contribution in [0.3, 0.4) is 0 Å². The SMILES string of the molecule is COc1ccc(C(NC(=O)CC2(c3oc(C)cc(=O)c3O)CCSCC2)c2ncn(C)n2)cc1. The molecule has 4 rings (SSSR count). The minimum atomic E-state index is -0.771. The number of aryl methyl sites for hydroxylation is 2. The fourth-order valence-electron chi connectivity index (χ4n) is 4.31. The molecule has 2 N–H and O–H groups in total. The molecule has 1 aliphatic heterocycles. The van der Waals surface area contributed by atoms with Gasteiger partial charge in [0.25, 0.3) is 0 Å². The Labute approximate surface area is 201 Å². The second-order valence-electron chi connectivity index (χ2n) is 8.52. The maximum absolute atomic E-state index is 13.5. The summed E-state index contributed by atoms with van der Waals surface area (Å²) in [7, 11) is 3.36. The number of hydrogen-bond donors (Lipinski definition) is 2. The molecule has 0 radical (unpaired) electrons. The molecular formula is C24H28N4O5S. The van der Waals surface area contributed by atoms with Gasteiger partial charge in [-0.25, -0.2) is 4.98 Å². The third kappa shape index (κ3) is 4.96. The van der Waals surface area contributed by atoms with Crippen LogP contribution in [-0.4, -0.2) is 44.4 Å². The Kier molecular flexibility index (Phi) is 6.97. The molecule has 10 heteroatoms. The van der Waals surface area contributed by atoms with Crippen molar-refractivity contribution in [2.45, 2.75) is 37.6 Å². The van der Waals surface area contributed by atoms with Crippen LogP contribution in [0, 0.1) is 6.92 Å². The number of aromatic hydroxyl groups is 1. The van der Waals surface area contributed by atoms with Crippen molar-refractivity contribution in [1.29, 1.82) is 0 Å². The highest BCUT2D eigenvalue weighted by atomic mass is 32.2. The van der Waals surface area contributed by atoms with Gasteiger partial charge in [0.2, 0.25) is 17.1 Å². The Morgan fingerprint density at radius 1 is 1.32 bits per heavy atom. The number of rotatable bonds is 7. The Morgan fingerprint density at radius 3 is 2.65 bits per heavy atom. The Bertz CT molecular complexity index is 1210. The summed E-state index contributed by atoms with van der Waals surface area (Å²) in [6.45, 7) is 1.67. The number of nitrogens with zero attached hydrogens (tertiary/aromatic N) is 3. The molecule has 0 saturated carbocycles. The molecule has 1 aromatic carbocycles. The number of benzene rings is 1. The zero-order valence-corrected chi connectivity index (χ0v) is 20.2. The Balaban J connectivity index is 1.65. The third-order valence-corrected chi connectivity index (χ3v) is 7.09. The van der Waals surface area contributed by atoms with Crippen molar-refractivity contribution in [3.05, 3.63) is 69.8 Å². The van der Waals surface area contributed by atoms with Crippen LogP contribution >= 0.6 is 11.8 Å². The van der Waals surface area contributed by atoms with Gasteiger partial charge in [0.05, 0.1) is 7.11 Å². The maximum Gasteiger partial charge on any atom is 0.227 e. The van der Waals surface area contributed by atoms with Crippen LogP contribution in [0.4, 0.5) is 0 Å². The number of hydrogen-bond acceptors (Lipinski definition) is 8. The Hall–Kier alpha value is -3.27. The molecule has 1 fully saturated rings. The minimum absolute atomic E-state index is 0.0625. The molecular weight excluding hydrogens is 456 g/mol. The first-order valence-corrected chi connectivity index (χ1v) is 12.2. The summed E-state index contributed by atoms with van der Waals surface area (Å²) in [6, 6.07) is 8.04. The monoisotopic (exact) mass is 484 g/mol. The standard InChI is InChI=1S/C24H28N4O5S/c1-15-12-18(29)21(31)22(33-15)24(8-10-34-11-9-24)13-19(30)26-20(23-25-14-28(2)27-23)16-4-6-17(32-3)7-5-16/h4-7,12,14,20,31H,8-11,13H2,1-3H3,(H,26,30). The van der Waals surface area contributed by atoms with Gasteiger partial charge in [-0.3, -0.25) is 14.3 Å². The summed E-state index contributed by atoms with van der Waals surface area (Å²) in [5, 5.41) is 18.0. The Morgan fingerprint density at radius 2 is 2.03 bits per heavy atom. The first kappa shape index (κ1) is 23.9. The van der Waals surface area contributed by atoms with E-state index in [4.69, 9.17) is 9.15 Å². The third-order valence-electron chi connectivity index (χ3n) is 6.11. The molecule has 3 aromatic rings. The second kappa shape index (κ2) is 9.92. The van der Waals surface area contributed by atoms with Gasteiger partial charge in [-0.2, -0.15) is 16.9 Å². The van der Waals surface area contributed by atoms with Gasteiger partial charge >= 0.3 is 0 Å². The molecule has 0 aliphatic carbocycles. The van der Waals surface area contributed by atoms with Crippen molar-refractivity contribution >= 4 is 17.7 Å². The van der Waals surface area contributed by atoms with Gasteiger partial charge in [-0.15, -0.1) is 0 Å². The van der Waals surface area contributed by atoms with Gasteiger partial charge in [0, 0.05) is 24.9 Å². The van der Waals surface area contributed by atoms with Crippen molar-refractivity contribution in [1.82, 2.24) is 20.1 Å². The quantitative estimate of drug-likeness (QED) is 0.525. The lowest BCUT2D eigenvalue weighted by molar-refractivity contribution is -0.123. The first-order chi connectivity index (χ1) is 16.3. The summed E-state index contributed by atoms with van der Waals surface area (Å²) >= 11 is 1.78. The van der Waals surface area contributed by atoms with E-state index < -0.39 is 22.6 Å². The normalized spacial score (nSPS) is 16.1. The minimum Gasteiger partial charge on any atom is -0.502 e. The molecule has 34 heavy (non-hydrogen) atoms. The fraction of sp³-hybridized carbons (Fsp3) is 0.417. The van der Waals surface area contributed by atoms with E-state index >= 15 is 0 Å². The zero-order valence-electron chi connectivity index (χ0n) is 19.4. The van der Waals surface area contributed by atoms with Gasteiger partial charge < -0.3 is 19.6 Å². The van der Waals surface area contributed by atoms with Crippen LogP contribution in [0.2, 0.25) is 0 Å². The lowest BCUT2D eigenvalue weighted by atomic mass is 9.75. The molecule has 3 heterocycles. The molecule has 180 valence electrons. The number of thioether (sulfide) groups is 1. The van der Waals surface area contributed by atoms with Gasteiger partial charge in [0.15, 0.2) is 11.6 Å². The molecule has 2 aromatic heterocycles. The number of nitrogens with one attached hydrogen (secondary N) is 1. The van der Waals surface area contributed by atoms with Crippen LogP contribution in [0.1, 0.15) is 48.2 Å². The highest BCUT2D eigenvalue weighted by molar-refractivity contribution is 7.99. The summed E-state index contributed by atoms with van der Waals surface area (Å²) in [5.41, 5.74) is -0.462. The maximum atomic E-state index is 13.5. The molecule has 1 atom stereocenters. The molecule has 9 nitrogen and oxygen atoms in total. The topological polar surface area (TPSA) is 119 Å². The fourth-order valence-corrected chi connectivity index (χ4v) is 5.58. The van der Waals surface area contributed by atoms with Crippen molar-refractivity contribution in [2.75, 3.05) is 18.6 Å². The highest BCUT2D eigenvalue weighted by Gasteiger charge is 2.42. The van der Waals surface area contributed by atoms with Crippen molar-refractivity contribution < 1.29 is 19.1 Å². The number of methoxy groups -OCH3 is 1. The molecule has 1 aliphatic rings. The predicted molar refractivity (Wildman–Crippen MR) is 128 cm³/mol. The van der Waals surface area contributed by atoms with Gasteiger partial charge in [-0.1, -0.05) is 12.1 Å². The number of carbonyl (C=O) groups excluding carboxylic acids is 1. The van der Waals surface area contributed by atoms with E-state index in [1.54, 1.807) is 43.9 Å². The molecule has 0 spiro atoms. The molecule has 1 unspecified atom stereocenters. The van der Waals surface area contributed by atoms with Crippen LogP contribution in [0.15, 0.2) is 45.9 Å². The first-order valence-electron chi connectivity index (χ1n) is 11.0. The number of ether oxygens (including phenoxy) is 1. The summed E-state index contributed by atoms with van der Waals surface area (Å²) in [6.07, 6.45) is 2.87. The van der Waals surface area contributed by atoms with Crippen molar-refractivity contribution in [2.24, 2.45) is 7.05 Å². The zero-order chi connectivity index (χ0) is 24.3. The van der Waals surface area contributed by atoms with E-state index in [0.717, 1.165) is 17.1 Å². The smallest absolute Gasteiger partial charge is 0.227 e. The van der Waals surface area contributed by atoms with Crippen LogP contribution < -0.4 is 15.5 Å². The predicted octanol–water partition coefficient (Wildman–Crippen LogP) is 2.85. The van der Waals surface area contributed by atoms with E-state index in [2.05, 4.69) is 15.4 Å². The van der Waals surface area contributed by atoms with Crippen molar-refractivity contribution in [3.8, 4) is 11.5 Å². The summed E-state index contributed by atoms with van der Waals surface area (Å²) in [5.74, 6) is 2.70. The number of aromatic nitrogens is 3. The number of amides is 1.